The van der Waals surface area contributed by atoms with E-state index >= 15 is 0 Å². The van der Waals surface area contributed by atoms with Crippen LogP contribution in [-0.2, 0) is 14.4 Å². The average Bonchev–Trinajstić information content (AvgIpc) is 2.76. The molecule has 0 fully saturated rings. The predicted octanol–water partition coefficient (Wildman–Crippen LogP) is 7.51. The highest BCUT2D eigenvalue weighted by molar-refractivity contribution is 5.95. The van der Waals surface area contributed by atoms with Crippen molar-refractivity contribution in [3.8, 4) is 0 Å². The average molecular weight is 455 g/mol. The maximum Gasteiger partial charge on any atom is 0.252 e. The van der Waals surface area contributed by atoms with E-state index in [9.17, 15) is 9.59 Å². The molecule has 0 aliphatic rings. The highest BCUT2D eigenvalue weighted by Gasteiger charge is 2.31. The van der Waals surface area contributed by atoms with Gasteiger partial charge in [0.15, 0.2) is 0 Å². The van der Waals surface area contributed by atoms with Gasteiger partial charge in [0, 0.05) is 0 Å². The van der Waals surface area contributed by atoms with E-state index in [1.807, 2.05) is 0 Å². The molecule has 0 rings (SSSR count). The van der Waals surface area contributed by atoms with E-state index in [1.54, 1.807) is 0 Å². The van der Waals surface area contributed by atoms with Crippen LogP contribution in [0.2, 0.25) is 0 Å². The SMILES string of the molecule is CCCCCCCCCC(CCCCCC)(CCCCCCCC)ONC(=O)CC(N)=O. The fraction of sp³-hybridized carbons (Fsp3) is 0.926. The zero-order chi connectivity index (χ0) is 23.9. The third-order valence-corrected chi connectivity index (χ3v) is 6.42. The van der Waals surface area contributed by atoms with Crippen molar-refractivity contribution >= 4 is 11.8 Å². The summed E-state index contributed by atoms with van der Waals surface area (Å²) in [7, 11) is 0. The molecule has 0 saturated heterocycles. The lowest BCUT2D eigenvalue weighted by Crippen LogP contribution is -2.41. The summed E-state index contributed by atoms with van der Waals surface area (Å²) >= 11 is 0. The predicted molar refractivity (Wildman–Crippen MR) is 135 cm³/mol. The molecular weight excluding hydrogens is 400 g/mol. The molecule has 1 unspecified atom stereocenters. The van der Waals surface area contributed by atoms with Crippen LogP contribution in [0.1, 0.15) is 156 Å². The highest BCUT2D eigenvalue weighted by Crippen LogP contribution is 2.32. The van der Waals surface area contributed by atoms with Crippen molar-refractivity contribution in [3.63, 3.8) is 0 Å². The summed E-state index contributed by atoms with van der Waals surface area (Å²) in [4.78, 5) is 29.3. The first kappa shape index (κ1) is 30.9. The smallest absolute Gasteiger partial charge is 0.252 e. The number of hydroxylamine groups is 1. The van der Waals surface area contributed by atoms with Crippen LogP contribution in [0.3, 0.4) is 0 Å². The van der Waals surface area contributed by atoms with Crippen LogP contribution >= 0.6 is 0 Å². The van der Waals surface area contributed by atoms with E-state index < -0.39 is 11.8 Å². The highest BCUT2D eigenvalue weighted by atomic mass is 16.7. The lowest BCUT2D eigenvalue weighted by molar-refractivity contribution is -0.159. The first-order chi connectivity index (χ1) is 15.5. The molecule has 0 aromatic heterocycles. The molecule has 190 valence electrons. The summed E-state index contributed by atoms with van der Waals surface area (Å²) in [6.07, 6.45) is 23.7. The Morgan fingerprint density at radius 1 is 0.625 bits per heavy atom. The van der Waals surface area contributed by atoms with Crippen LogP contribution in [-0.4, -0.2) is 17.4 Å². The van der Waals surface area contributed by atoms with E-state index in [0.717, 1.165) is 38.5 Å². The van der Waals surface area contributed by atoms with Crippen LogP contribution in [0.5, 0.6) is 0 Å². The monoisotopic (exact) mass is 454 g/mol. The number of carbonyl (C=O) groups excluding carboxylic acids is 2. The molecule has 32 heavy (non-hydrogen) atoms. The van der Waals surface area contributed by atoms with Gasteiger partial charge in [-0.1, -0.05) is 130 Å². The number of hydrogen-bond acceptors (Lipinski definition) is 3. The Morgan fingerprint density at radius 3 is 1.34 bits per heavy atom. The Kier molecular flexibility index (Phi) is 21.0. The summed E-state index contributed by atoms with van der Waals surface area (Å²) in [5.41, 5.74) is 7.44. The molecule has 5 nitrogen and oxygen atoms in total. The Labute approximate surface area is 199 Å². The number of nitrogens with two attached hydrogens (primary N) is 1. The lowest BCUT2D eigenvalue weighted by Gasteiger charge is -2.34. The Hall–Kier alpha value is -1.10. The largest absolute Gasteiger partial charge is 0.369 e. The van der Waals surface area contributed by atoms with Crippen molar-refractivity contribution in [2.45, 2.75) is 161 Å². The van der Waals surface area contributed by atoms with Crippen LogP contribution in [0, 0.1) is 0 Å². The van der Waals surface area contributed by atoms with Gasteiger partial charge in [-0.2, -0.15) is 0 Å². The van der Waals surface area contributed by atoms with Crippen LogP contribution in [0.15, 0.2) is 0 Å². The number of rotatable bonds is 24. The van der Waals surface area contributed by atoms with Gasteiger partial charge >= 0.3 is 0 Å². The van der Waals surface area contributed by atoms with E-state index in [4.69, 9.17) is 10.6 Å². The van der Waals surface area contributed by atoms with Crippen LogP contribution < -0.4 is 11.2 Å². The minimum absolute atomic E-state index is 0.319. The minimum atomic E-state index is -0.623. The minimum Gasteiger partial charge on any atom is -0.369 e. The van der Waals surface area contributed by atoms with Crippen LogP contribution in [0.25, 0.3) is 0 Å². The molecule has 1 atom stereocenters. The summed E-state index contributed by atoms with van der Waals surface area (Å²) in [5.74, 6) is -1.06. The maximum absolute atomic E-state index is 12.1. The summed E-state index contributed by atoms with van der Waals surface area (Å²) < 4.78 is 0. The van der Waals surface area contributed by atoms with Crippen molar-refractivity contribution in [3.05, 3.63) is 0 Å². The van der Waals surface area contributed by atoms with Crippen molar-refractivity contribution < 1.29 is 14.4 Å². The number of carbonyl (C=O) groups is 2. The van der Waals surface area contributed by atoms with Gasteiger partial charge in [0.2, 0.25) is 5.91 Å². The number of amides is 2. The third kappa shape index (κ3) is 18.5. The fourth-order valence-electron chi connectivity index (χ4n) is 4.39. The molecule has 0 aromatic rings. The molecule has 0 radical (unpaired) electrons. The molecule has 0 aliphatic carbocycles. The molecule has 3 N–H and O–H groups in total. The van der Waals surface area contributed by atoms with Crippen LogP contribution in [0.4, 0.5) is 0 Å². The standard InChI is InChI=1S/C27H54N2O3/c1-4-7-10-13-15-17-20-23-27(21-18-12-9-6-3,22-19-16-14-11-8-5-2)32-29-26(31)24-25(28)30/h4-24H2,1-3H3,(H2,28,30)(H,29,31). The van der Waals surface area contributed by atoms with Gasteiger partial charge < -0.3 is 5.73 Å². The second-order valence-corrected chi connectivity index (χ2v) is 9.65. The maximum atomic E-state index is 12.1. The first-order valence-corrected chi connectivity index (χ1v) is 13.7. The number of primary amides is 1. The quantitative estimate of drug-likeness (QED) is 0.0899. The first-order valence-electron chi connectivity index (χ1n) is 13.7. The normalized spacial score (nSPS) is 13.1. The molecule has 0 heterocycles. The van der Waals surface area contributed by atoms with Gasteiger partial charge in [-0.3, -0.25) is 14.4 Å². The summed E-state index contributed by atoms with van der Waals surface area (Å²) in [6, 6.07) is 0. The van der Waals surface area contributed by atoms with Gasteiger partial charge in [-0.15, -0.1) is 0 Å². The van der Waals surface area contributed by atoms with E-state index in [0.29, 0.717) is 0 Å². The fourth-order valence-corrected chi connectivity index (χ4v) is 4.39. The second kappa shape index (κ2) is 21.7. The van der Waals surface area contributed by atoms with E-state index in [1.165, 1.54) is 89.9 Å². The zero-order valence-corrected chi connectivity index (χ0v) is 21.7. The lowest BCUT2D eigenvalue weighted by atomic mass is 9.85. The molecule has 0 bridgehead atoms. The number of nitrogens with one attached hydrogen (secondary N) is 1. The topological polar surface area (TPSA) is 81.4 Å². The Balaban J connectivity index is 4.89. The molecule has 0 spiro atoms. The van der Waals surface area contributed by atoms with E-state index in [-0.39, 0.29) is 12.0 Å². The van der Waals surface area contributed by atoms with Gasteiger partial charge in [0.05, 0.1) is 5.60 Å². The molecule has 2 amide bonds. The molecule has 5 heteroatoms. The second-order valence-electron chi connectivity index (χ2n) is 9.65. The van der Waals surface area contributed by atoms with Crippen molar-refractivity contribution in [1.82, 2.24) is 5.48 Å². The molecular formula is C27H54N2O3. The van der Waals surface area contributed by atoms with Gasteiger partial charge in [0.1, 0.15) is 6.42 Å². The molecule has 0 aromatic carbocycles. The Morgan fingerprint density at radius 2 is 0.969 bits per heavy atom. The summed E-state index contributed by atoms with van der Waals surface area (Å²) in [6.45, 7) is 6.72. The van der Waals surface area contributed by atoms with Gasteiger partial charge in [0.25, 0.3) is 5.91 Å². The van der Waals surface area contributed by atoms with Gasteiger partial charge in [-0.25, -0.2) is 5.48 Å². The zero-order valence-electron chi connectivity index (χ0n) is 21.7. The summed E-state index contributed by atoms with van der Waals surface area (Å²) in [5, 5.41) is 0. The van der Waals surface area contributed by atoms with Crippen molar-refractivity contribution in [2.75, 3.05) is 0 Å². The molecule has 0 saturated carbocycles. The third-order valence-electron chi connectivity index (χ3n) is 6.42. The van der Waals surface area contributed by atoms with Crippen molar-refractivity contribution in [1.29, 1.82) is 0 Å². The molecule has 0 aliphatic heterocycles. The number of hydrogen-bond donors (Lipinski definition) is 2. The van der Waals surface area contributed by atoms with Crippen molar-refractivity contribution in [2.24, 2.45) is 5.73 Å². The number of unbranched alkanes of at least 4 members (excludes halogenated alkanes) is 14. The van der Waals surface area contributed by atoms with Gasteiger partial charge in [-0.05, 0) is 19.3 Å². The Bertz CT molecular complexity index is 456. The van der Waals surface area contributed by atoms with E-state index in [2.05, 4.69) is 26.3 Å².